The lowest BCUT2D eigenvalue weighted by atomic mass is 10.2. The summed E-state index contributed by atoms with van der Waals surface area (Å²) in [5.74, 6) is 0.515. The molecule has 1 aromatic heterocycles. The lowest BCUT2D eigenvalue weighted by Crippen LogP contribution is -2.11. The van der Waals surface area contributed by atoms with Crippen molar-refractivity contribution in [1.29, 1.82) is 0 Å². The summed E-state index contributed by atoms with van der Waals surface area (Å²) in [6.07, 6.45) is 1.83. The molecule has 0 saturated carbocycles. The molecular weight excluding hydrogens is 172 g/mol. The Morgan fingerprint density at radius 1 is 1.50 bits per heavy atom. The predicted octanol–water partition coefficient (Wildman–Crippen LogP) is 2.19. The van der Waals surface area contributed by atoms with Crippen LogP contribution < -0.4 is 4.90 Å². The van der Waals surface area contributed by atoms with Crippen molar-refractivity contribution < 1.29 is 0 Å². The second kappa shape index (κ2) is 3.76. The Morgan fingerprint density at radius 2 is 2.17 bits per heavy atom. The van der Waals surface area contributed by atoms with Crippen LogP contribution in [0, 0.1) is 6.92 Å². The van der Waals surface area contributed by atoms with Gasteiger partial charge < -0.3 is 4.90 Å². The molecule has 0 amide bonds. The summed E-state index contributed by atoms with van der Waals surface area (Å²) in [5.41, 5.74) is 3.25. The fraction of sp³-hybridized carbons (Fsp3) is 0.444. The quantitative estimate of drug-likeness (QED) is 0.656. The van der Waals surface area contributed by atoms with Gasteiger partial charge in [-0.2, -0.15) is 0 Å². The largest absolute Gasteiger partial charge is 0.377 e. The number of halogens is 1. The summed E-state index contributed by atoms with van der Waals surface area (Å²) >= 11 is 5.76. The summed E-state index contributed by atoms with van der Waals surface area (Å²) in [6.45, 7) is 1.98. The lowest BCUT2D eigenvalue weighted by molar-refractivity contribution is 1.07. The molecule has 3 heteroatoms. The second-order valence-corrected chi connectivity index (χ2v) is 3.25. The molecule has 66 valence electrons. The van der Waals surface area contributed by atoms with E-state index in [0.717, 1.165) is 16.9 Å². The molecule has 1 rings (SSSR count). The van der Waals surface area contributed by atoms with E-state index in [2.05, 4.69) is 4.98 Å². The zero-order valence-corrected chi connectivity index (χ0v) is 8.39. The van der Waals surface area contributed by atoms with E-state index in [1.807, 2.05) is 38.2 Å². The first-order valence-corrected chi connectivity index (χ1v) is 4.37. The molecule has 0 unspecified atom stereocenters. The fourth-order valence-electron chi connectivity index (χ4n) is 1.09. The summed E-state index contributed by atoms with van der Waals surface area (Å²) in [4.78, 5) is 6.23. The number of hydrogen-bond donors (Lipinski definition) is 0. The number of aromatic nitrogens is 1. The van der Waals surface area contributed by atoms with Crippen molar-refractivity contribution in [3.63, 3.8) is 0 Å². The van der Waals surface area contributed by atoms with E-state index in [1.54, 1.807) is 0 Å². The maximum atomic E-state index is 5.76. The van der Waals surface area contributed by atoms with Crippen LogP contribution in [0.3, 0.4) is 0 Å². The number of rotatable bonds is 2. The molecule has 12 heavy (non-hydrogen) atoms. The molecule has 0 fully saturated rings. The normalized spacial score (nSPS) is 10.0. The molecule has 0 bridgehead atoms. The molecule has 0 atom stereocenters. The molecule has 0 spiro atoms. The van der Waals surface area contributed by atoms with Gasteiger partial charge >= 0.3 is 0 Å². The van der Waals surface area contributed by atoms with Gasteiger partial charge in [0.1, 0.15) is 0 Å². The number of hydrogen-bond acceptors (Lipinski definition) is 2. The molecule has 0 aromatic carbocycles. The van der Waals surface area contributed by atoms with Gasteiger partial charge in [-0.15, -0.1) is 11.6 Å². The van der Waals surface area contributed by atoms with Gasteiger partial charge in [-0.3, -0.25) is 4.98 Å². The van der Waals surface area contributed by atoms with E-state index in [9.17, 15) is 0 Å². The Balaban J connectivity index is 3.12. The molecular formula is C9H13ClN2. The van der Waals surface area contributed by atoms with Crippen LogP contribution >= 0.6 is 11.6 Å². The van der Waals surface area contributed by atoms with Crippen LogP contribution in [0.2, 0.25) is 0 Å². The molecule has 0 radical (unpaired) electrons. The maximum absolute atomic E-state index is 5.76. The average Bonchev–Trinajstić information content (AvgIpc) is 2.04. The van der Waals surface area contributed by atoms with E-state index < -0.39 is 0 Å². The molecule has 0 N–H and O–H groups in total. The number of alkyl halides is 1. The van der Waals surface area contributed by atoms with Gasteiger partial charge in [-0.1, -0.05) is 0 Å². The number of anilines is 1. The first kappa shape index (κ1) is 9.33. The highest BCUT2D eigenvalue weighted by atomic mass is 35.5. The molecule has 0 aliphatic carbocycles. The second-order valence-electron chi connectivity index (χ2n) is 2.98. The van der Waals surface area contributed by atoms with E-state index in [-0.39, 0.29) is 0 Å². The Labute approximate surface area is 78.2 Å². The number of nitrogens with zero attached hydrogens (tertiary/aromatic N) is 2. The third-order valence-corrected chi connectivity index (χ3v) is 2.01. The fourth-order valence-corrected chi connectivity index (χ4v) is 1.30. The number of aryl methyl sites for hydroxylation is 1. The predicted molar refractivity (Wildman–Crippen MR) is 52.9 cm³/mol. The minimum atomic E-state index is 0.515. The molecule has 2 nitrogen and oxygen atoms in total. The van der Waals surface area contributed by atoms with E-state index in [1.165, 1.54) is 0 Å². The Kier molecular flexibility index (Phi) is 2.93. The van der Waals surface area contributed by atoms with Crippen molar-refractivity contribution in [3.8, 4) is 0 Å². The molecule has 0 aliphatic heterocycles. The van der Waals surface area contributed by atoms with Crippen molar-refractivity contribution in [2.45, 2.75) is 12.8 Å². The topological polar surface area (TPSA) is 16.1 Å². The van der Waals surface area contributed by atoms with Crippen molar-refractivity contribution in [2.75, 3.05) is 19.0 Å². The maximum Gasteiger partial charge on any atom is 0.0509 e. The Morgan fingerprint density at radius 3 is 2.67 bits per heavy atom. The Hall–Kier alpha value is -0.760. The minimum Gasteiger partial charge on any atom is -0.377 e. The monoisotopic (exact) mass is 184 g/mol. The van der Waals surface area contributed by atoms with E-state index >= 15 is 0 Å². The van der Waals surface area contributed by atoms with Crippen molar-refractivity contribution in [2.24, 2.45) is 0 Å². The highest BCUT2D eigenvalue weighted by Gasteiger charge is 2.03. The molecule has 1 heterocycles. The Bertz CT molecular complexity index is 271. The van der Waals surface area contributed by atoms with Gasteiger partial charge in [-0.25, -0.2) is 0 Å². The third kappa shape index (κ3) is 1.89. The molecule has 0 saturated heterocycles. The summed E-state index contributed by atoms with van der Waals surface area (Å²) < 4.78 is 0. The van der Waals surface area contributed by atoms with Crippen LogP contribution in [0.5, 0.6) is 0 Å². The zero-order valence-electron chi connectivity index (χ0n) is 7.63. The average molecular weight is 185 g/mol. The SMILES string of the molecule is Cc1cc(N(C)C)c(CCl)cn1. The highest BCUT2D eigenvalue weighted by Crippen LogP contribution is 2.19. The van der Waals surface area contributed by atoms with Crippen LogP contribution in [0.1, 0.15) is 11.3 Å². The number of pyridine rings is 1. The van der Waals surface area contributed by atoms with Gasteiger partial charge in [0.05, 0.1) is 5.88 Å². The van der Waals surface area contributed by atoms with Gasteiger partial charge in [0.25, 0.3) is 0 Å². The van der Waals surface area contributed by atoms with Crippen LogP contribution in [0.25, 0.3) is 0 Å². The van der Waals surface area contributed by atoms with Crippen LogP contribution in [0.15, 0.2) is 12.3 Å². The minimum absolute atomic E-state index is 0.515. The lowest BCUT2D eigenvalue weighted by Gasteiger charge is -2.16. The zero-order chi connectivity index (χ0) is 9.14. The smallest absolute Gasteiger partial charge is 0.0509 e. The van der Waals surface area contributed by atoms with Crippen molar-refractivity contribution in [1.82, 2.24) is 4.98 Å². The third-order valence-electron chi connectivity index (χ3n) is 1.72. The van der Waals surface area contributed by atoms with E-state index in [4.69, 9.17) is 11.6 Å². The summed E-state index contributed by atoms with van der Waals surface area (Å²) in [7, 11) is 4.01. The highest BCUT2D eigenvalue weighted by molar-refractivity contribution is 6.17. The van der Waals surface area contributed by atoms with Gasteiger partial charge in [0.2, 0.25) is 0 Å². The molecule has 0 aliphatic rings. The summed E-state index contributed by atoms with van der Waals surface area (Å²) in [5, 5.41) is 0. The van der Waals surface area contributed by atoms with Gasteiger partial charge in [0.15, 0.2) is 0 Å². The van der Waals surface area contributed by atoms with Gasteiger partial charge in [0, 0.05) is 37.2 Å². The van der Waals surface area contributed by atoms with Crippen LogP contribution in [-0.4, -0.2) is 19.1 Å². The van der Waals surface area contributed by atoms with Crippen LogP contribution in [-0.2, 0) is 5.88 Å². The first-order valence-electron chi connectivity index (χ1n) is 3.84. The van der Waals surface area contributed by atoms with Gasteiger partial charge in [-0.05, 0) is 13.0 Å². The first-order chi connectivity index (χ1) is 5.65. The van der Waals surface area contributed by atoms with Crippen LogP contribution in [0.4, 0.5) is 5.69 Å². The summed E-state index contributed by atoms with van der Waals surface area (Å²) in [6, 6.07) is 2.04. The molecule has 1 aromatic rings. The van der Waals surface area contributed by atoms with Crippen molar-refractivity contribution in [3.05, 3.63) is 23.5 Å². The van der Waals surface area contributed by atoms with E-state index in [0.29, 0.717) is 5.88 Å². The standard InChI is InChI=1S/C9H13ClN2/c1-7-4-9(12(2)3)8(5-10)6-11-7/h4,6H,5H2,1-3H3. The van der Waals surface area contributed by atoms with Crippen molar-refractivity contribution >= 4 is 17.3 Å².